The predicted octanol–water partition coefficient (Wildman–Crippen LogP) is 2.92. The second-order valence-electron chi connectivity index (χ2n) is 5.68. The van der Waals surface area contributed by atoms with E-state index in [1.54, 1.807) is 42.5 Å². The fraction of sp³-hybridized carbons (Fsp3) is 0.333. The molecule has 0 bridgehead atoms. The molecule has 0 fully saturated rings. The van der Waals surface area contributed by atoms with Crippen molar-refractivity contribution in [2.24, 2.45) is 0 Å². The van der Waals surface area contributed by atoms with E-state index in [0.717, 1.165) is 19.5 Å². The first-order chi connectivity index (χ1) is 11.7. The zero-order valence-corrected chi connectivity index (χ0v) is 14.4. The molecule has 0 saturated carbocycles. The number of nitrogens with one attached hydrogen (secondary N) is 1. The average molecular weight is 344 g/mol. The molecule has 1 amide bonds. The molecule has 0 radical (unpaired) electrons. The van der Waals surface area contributed by atoms with Crippen molar-refractivity contribution in [2.75, 3.05) is 25.0 Å². The number of esters is 1. The van der Waals surface area contributed by atoms with Crippen molar-refractivity contribution in [3.05, 3.63) is 51.7 Å². The number of amides is 1. The maximum atomic E-state index is 12.2. The molecular formula is C18H20N2O3S. The van der Waals surface area contributed by atoms with E-state index in [-0.39, 0.29) is 11.9 Å². The Kier molecular flexibility index (Phi) is 5.27. The van der Waals surface area contributed by atoms with Gasteiger partial charge in [0.05, 0.1) is 18.7 Å². The normalized spacial score (nSPS) is 14.0. The van der Waals surface area contributed by atoms with E-state index < -0.39 is 0 Å². The van der Waals surface area contributed by atoms with Crippen LogP contribution in [-0.2, 0) is 22.5 Å². The van der Waals surface area contributed by atoms with E-state index in [4.69, 9.17) is 4.74 Å². The van der Waals surface area contributed by atoms with Crippen molar-refractivity contribution in [1.29, 1.82) is 0 Å². The standard InChI is InChI=1S/C18H20N2O3S/c1-2-23-18(22)13-3-5-15(6-4-13)19-17(21)12-20-9-7-16-14(11-20)8-10-24-16/h3-6,8,10H,2,7,9,11-12H2,1H3,(H,19,21). The topological polar surface area (TPSA) is 58.6 Å². The van der Waals surface area contributed by atoms with Crippen molar-refractivity contribution in [1.82, 2.24) is 4.90 Å². The fourth-order valence-electron chi connectivity index (χ4n) is 2.75. The van der Waals surface area contributed by atoms with E-state index in [0.29, 0.717) is 24.4 Å². The van der Waals surface area contributed by atoms with E-state index in [1.165, 1.54) is 10.4 Å². The molecule has 6 heteroatoms. The number of hydrogen-bond donors (Lipinski definition) is 1. The molecule has 1 aliphatic heterocycles. The highest BCUT2D eigenvalue weighted by Crippen LogP contribution is 2.23. The van der Waals surface area contributed by atoms with Crippen LogP contribution in [0.5, 0.6) is 0 Å². The molecule has 2 heterocycles. The van der Waals surface area contributed by atoms with Gasteiger partial charge in [-0.05, 0) is 54.6 Å². The van der Waals surface area contributed by atoms with Crippen molar-refractivity contribution >= 4 is 28.9 Å². The molecule has 0 spiro atoms. The van der Waals surface area contributed by atoms with Crippen LogP contribution in [0.3, 0.4) is 0 Å². The Labute approximate surface area is 145 Å². The lowest BCUT2D eigenvalue weighted by Crippen LogP contribution is -2.36. The second kappa shape index (κ2) is 7.59. The minimum absolute atomic E-state index is 0.0439. The molecular weight excluding hydrogens is 324 g/mol. The molecule has 1 aromatic heterocycles. The van der Waals surface area contributed by atoms with Gasteiger partial charge in [0.15, 0.2) is 0 Å². The number of thiophene rings is 1. The average Bonchev–Trinajstić information content (AvgIpc) is 3.03. The molecule has 1 N–H and O–H groups in total. The van der Waals surface area contributed by atoms with Crippen LogP contribution >= 0.6 is 11.3 Å². The van der Waals surface area contributed by atoms with Crippen molar-refractivity contribution in [3.63, 3.8) is 0 Å². The number of carbonyl (C=O) groups excluding carboxylic acids is 2. The SMILES string of the molecule is CCOC(=O)c1ccc(NC(=O)CN2CCc3sccc3C2)cc1. The van der Waals surface area contributed by atoms with Gasteiger partial charge in [0.25, 0.3) is 0 Å². The van der Waals surface area contributed by atoms with Gasteiger partial charge in [0, 0.05) is 23.7 Å². The van der Waals surface area contributed by atoms with Crippen molar-refractivity contribution in [2.45, 2.75) is 19.9 Å². The Hall–Kier alpha value is -2.18. The molecule has 0 unspecified atom stereocenters. The van der Waals surface area contributed by atoms with Crippen LogP contribution in [0.25, 0.3) is 0 Å². The molecule has 0 atom stereocenters. The summed E-state index contributed by atoms with van der Waals surface area (Å²) >= 11 is 1.79. The number of anilines is 1. The maximum Gasteiger partial charge on any atom is 0.338 e. The molecule has 24 heavy (non-hydrogen) atoms. The Morgan fingerprint density at radius 1 is 1.25 bits per heavy atom. The lowest BCUT2D eigenvalue weighted by Gasteiger charge is -2.26. The summed E-state index contributed by atoms with van der Waals surface area (Å²) in [5.41, 5.74) is 2.50. The molecule has 0 saturated heterocycles. The second-order valence-corrected chi connectivity index (χ2v) is 6.68. The van der Waals surface area contributed by atoms with Gasteiger partial charge in [-0.2, -0.15) is 0 Å². The van der Waals surface area contributed by atoms with E-state index in [9.17, 15) is 9.59 Å². The van der Waals surface area contributed by atoms with Crippen LogP contribution < -0.4 is 5.32 Å². The monoisotopic (exact) mass is 344 g/mol. The number of carbonyl (C=O) groups is 2. The first-order valence-electron chi connectivity index (χ1n) is 8.00. The Morgan fingerprint density at radius 3 is 2.79 bits per heavy atom. The van der Waals surface area contributed by atoms with Crippen molar-refractivity contribution < 1.29 is 14.3 Å². The molecule has 3 rings (SSSR count). The quantitative estimate of drug-likeness (QED) is 0.848. The summed E-state index contributed by atoms with van der Waals surface area (Å²) in [5.74, 6) is -0.396. The minimum atomic E-state index is -0.352. The summed E-state index contributed by atoms with van der Waals surface area (Å²) in [6, 6.07) is 8.89. The highest BCUT2D eigenvalue weighted by molar-refractivity contribution is 7.10. The minimum Gasteiger partial charge on any atom is -0.462 e. The van der Waals surface area contributed by atoms with Gasteiger partial charge in [0.1, 0.15) is 0 Å². The maximum absolute atomic E-state index is 12.2. The summed E-state index contributed by atoms with van der Waals surface area (Å²) in [4.78, 5) is 27.4. The number of benzene rings is 1. The fourth-order valence-corrected chi connectivity index (χ4v) is 3.64. The Balaban J connectivity index is 1.53. The van der Waals surface area contributed by atoms with Crippen LogP contribution in [0.4, 0.5) is 5.69 Å². The van der Waals surface area contributed by atoms with Gasteiger partial charge in [-0.15, -0.1) is 11.3 Å². The van der Waals surface area contributed by atoms with Crippen LogP contribution in [0.2, 0.25) is 0 Å². The van der Waals surface area contributed by atoms with Gasteiger partial charge in [-0.1, -0.05) is 0 Å². The van der Waals surface area contributed by atoms with E-state index in [1.807, 2.05) is 0 Å². The summed E-state index contributed by atoms with van der Waals surface area (Å²) < 4.78 is 4.94. The summed E-state index contributed by atoms with van der Waals surface area (Å²) in [6.07, 6.45) is 1.01. The molecule has 1 aromatic carbocycles. The predicted molar refractivity (Wildman–Crippen MR) is 94.3 cm³/mol. The van der Waals surface area contributed by atoms with Crippen LogP contribution in [0, 0.1) is 0 Å². The summed E-state index contributed by atoms with van der Waals surface area (Å²) in [6.45, 7) is 4.22. The number of hydrogen-bond acceptors (Lipinski definition) is 5. The van der Waals surface area contributed by atoms with Gasteiger partial charge in [-0.3, -0.25) is 9.69 Å². The van der Waals surface area contributed by atoms with Crippen LogP contribution in [0.15, 0.2) is 35.7 Å². The van der Waals surface area contributed by atoms with Crippen LogP contribution in [-0.4, -0.2) is 36.5 Å². The zero-order valence-electron chi connectivity index (χ0n) is 13.6. The first-order valence-corrected chi connectivity index (χ1v) is 8.88. The molecule has 2 aromatic rings. The van der Waals surface area contributed by atoms with E-state index in [2.05, 4.69) is 21.7 Å². The van der Waals surface area contributed by atoms with Gasteiger partial charge in [-0.25, -0.2) is 4.79 Å². The third-order valence-corrected chi connectivity index (χ3v) is 4.96. The molecule has 1 aliphatic rings. The number of rotatable bonds is 5. The van der Waals surface area contributed by atoms with Gasteiger partial charge >= 0.3 is 5.97 Å². The highest BCUT2D eigenvalue weighted by Gasteiger charge is 2.19. The highest BCUT2D eigenvalue weighted by atomic mass is 32.1. The number of fused-ring (bicyclic) bond motifs is 1. The smallest absolute Gasteiger partial charge is 0.338 e. The van der Waals surface area contributed by atoms with Gasteiger partial charge < -0.3 is 10.1 Å². The van der Waals surface area contributed by atoms with Crippen molar-refractivity contribution in [3.8, 4) is 0 Å². The molecule has 5 nitrogen and oxygen atoms in total. The Bertz CT molecular complexity index is 724. The summed E-state index contributed by atoms with van der Waals surface area (Å²) in [7, 11) is 0. The largest absolute Gasteiger partial charge is 0.462 e. The lowest BCUT2D eigenvalue weighted by molar-refractivity contribution is -0.117. The summed E-state index contributed by atoms with van der Waals surface area (Å²) in [5, 5.41) is 4.99. The first kappa shape index (κ1) is 16.7. The number of ether oxygens (including phenoxy) is 1. The van der Waals surface area contributed by atoms with Crippen LogP contribution in [0.1, 0.15) is 27.7 Å². The van der Waals surface area contributed by atoms with Gasteiger partial charge in [0.2, 0.25) is 5.91 Å². The third kappa shape index (κ3) is 4.01. The zero-order chi connectivity index (χ0) is 16.9. The third-order valence-electron chi connectivity index (χ3n) is 3.93. The Morgan fingerprint density at radius 2 is 2.04 bits per heavy atom. The molecule has 126 valence electrons. The molecule has 0 aliphatic carbocycles. The number of nitrogens with zero attached hydrogens (tertiary/aromatic N) is 1. The van der Waals surface area contributed by atoms with E-state index >= 15 is 0 Å². The lowest BCUT2D eigenvalue weighted by atomic mass is 10.1.